The summed E-state index contributed by atoms with van der Waals surface area (Å²) in [6.45, 7) is 4.47. The molecule has 1 saturated heterocycles. The van der Waals surface area contributed by atoms with Crippen molar-refractivity contribution in [3.63, 3.8) is 0 Å². The number of hydrogen-bond donors (Lipinski definition) is 2. The van der Waals surface area contributed by atoms with Crippen molar-refractivity contribution in [3.05, 3.63) is 29.8 Å². The van der Waals surface area contributed by atoms with Crippen LogP contribution < -0.4 is 15.5 Å². The summed E-state index contributed by atoms with van der Waals surface area (Å²) in [6, 6.07) is 8.26. The van der Waals surface area contributed by atoms with Gasteiger partial charge in [-0.05, 0) is 30.2 Å². The van der Waals surface area contributed by atoms with E-state index < -0.39 is 0 Å². The highest BCUT2D eigenvalue weighted by atomic mass is 16.1. The van der Waals surface area contributed by atoms with Crippen LogP contribution in [0.2, 0.25) is 0 Å². The zero-order chi connectivity index (χ0) is 13.8. The van der Waals surface area contributed by atoms with Gasteiger partial charge in [-0.2, -0.15) is 0 Å². The molecule has 104 valence electrons. The fourth-order valence-corrected chi connectivity index (χ4v) is 2.39. The van der Waals surface area contributed by atoms with Crippen LogP contribution in [-0.2, 0) is 11.3 Å². The molecule has 1 fully saturated rings. The second-order valence-electron chi connectivity index (χ2n) is 5.52. The summed E-state index contributed by atoms with van der Waals surface area (Å²) in [5.74, 6) is 0.700. The Balaban J connectivity index is 1.86. The molecule has 2 unspecified atom stereocenters. The highest BCUT2D eigenvalue weighted by molar-refractivity contribution is 5.79. The Hall–Kier alpha value is -1.55. The minimum atomic E-state index is 0.112. The summed E-state index contributed by atoms with van der Waals surface area (Å²) in [6.07, 6.45) is 0. The fraction of sp³-hybridized carbons (Fsp3) is 0.533. The Kier molecular flexibility index (Phi) is 4.43. The largest absolute Gasteiger partial charge is 0.378 e. The first kappa shape index (κ1) is 13.9. The third kappa shape index (κ3) is 3.47. The van der Waals surface area contributed by atoms with E-state index >= 15 is 0 Å². The summed E-state index contributed by atoms with van der Waals surface area (Å²) in [5.41, 5.74) is 2.31. The maximum atomic E-state index is 12.0. The lowest BCUT2D eigenvalue weighted by molar-refractivity contribution is -0.125. The molecule has 2 rings (SSSR count). The molecule has 19 heavy (non-hydrogen) atoms. The molecular formula is C15H23N3O. The van der Waals surface area contributed by atoms with Gasteiger partial charge in [-0.25, -0.2) is 0 Å². The third-order valence-corrected chi connectivity index (χ3v) is 3.77. The number of benzene rings is 1. The van der Waals surface area contributed by atoms with E-state index in [2.05, 4.69) is 46.7 Å². The van der Waals surface area contributed by atoms with E-state index in [1.165, 1.54) is 5.69 Å². The summed E-state index contributed by atoms with van der Waals surface area (Å²) in [7, 11) is 4.04. The third-order valence-electron chi connectivity index (χ3n) is 3.77. The second kappa shape index (κ2) is 6.06. The first-order valence-electron chi connectivity index (χ1n) is 6.82. The van der Waals surface area contributed by atoms with Gasteiger partial charge in [0.1, 0.15) is 0 Å². The van der Waals surface area contributed by atoms with E-state index in [4.69, 9.17) is 0 Å². The van der Waals surface area contributed by atoms with Gasteiger partial charge in [0, 0.05) is 32.9 Å². The molecule has 1 heterocycles. The first-order valence-corrected chi connectivity index (χ1v) is 6.82. The first-order chi connectivity index (χ1) is 9.08. The molecule has 0 saturated carbocycles. The van der Waals surface area contributed by atoms with Crippen molar-refractivity contribution in [2.24, 2.45) is 11.8 Å². The monoisotopic (exact) mass is 261 g/mol. The van der Waals surface area contributed by atoms with Crippen LogP contribution in [0, 0.1) is 11.8 Å². The molecule has 2 atom stereocenters. The topological polar surface area (TPSA) is 44.4 Å². The highest BCUT2D eigenvalue weighted by Gasteiger charge is 2.29. The van der Waals surface area contributed by atoms with Crippen LogP contribution in [0.3, 0.4) is 0 Å². The molecule has 0 aromatic heterocycles. The van der Waals surface area contributed by atoms with Crippen LogP contribution in [0.4, 0.5) is 5.69 Å². The van der Waals surface area contributed by atoms with Gasteiger partial charge < -0.3 is 15.5 Å². The number of amides is 1. The predicted molar refractivity (Wildman–Crippen MR) is 78.1 cm³/mol. The maximum absolute atomic E-state index is 12.0. The summed E-state index contributed by atoms with van der Waals surface area (Å²) >= 11 is 0. The molecule has 0 spiro atoms. The van der Waals surface area contributed by atoms with Crippen molar-refractivity contribution in [1.29, 1.82) is 0 Å². The molecule has 1 amide bonds. The number of carbonyl (C=O) groups excluding carboxylic acids is 1. The van der Waals surface area contributed by atoms with E-state index in [1.807, 2.05) is 14.1 Å². The second-order valence-corrected chi connectivity index (χ2v) is 5.52. The lowest BCUT2D eigenvalue weighted by atomic mass is 9.97. The standard InChI is InChI=1S/C15H23N3O/c1-11-8-16-10-14(11)15(19)17-9-12-4-6-13(7-5-12)18(2)3/h4-7,11,14,16H,8-10H2,1-3H3,(H,17,19). The van der Waals surface area contributed by atoms with Crippen LogP contribution >= 0.6 is 0 Å². The fourth-order valence-electron chi connectivity index (χ4n) is 2.39. The molecule has 0 radical (unpaired) electrons. The Bertz CT molecular complexity index is 428. The van der Waals surface area contributed by atoms with Crippen LogP contribution in [0.25, 0.3) is 0 Å². The zero-order valence-corrected chi connectivity index (χ0v) is 11.9. The summed E-state index contributed by atoms with van der Waals surface area (Å²) < 4.78 is 0. The molecular weight excluding hydrogens is 238 g/mol. The number of carbonyl (C=O) groups is 1. The van der Waals surface area contributed by atoms with Crippen molar-refractivity contribution in [2.75, 3.05) is 32.1 Å². The summed E-state index contributed by atoms with van der Waals surface area (Å²) in [4.78, 5) is 14.1. The van der Waals surface area contributed by atoms with Crippen LogP contribution in [0.5, 0.6) is 0 Å². The molecule has 4 heteroatoms. The molecule has 0 aliphatic carbocycles. The zero-order valence-electron chi connectivity index (χ0n) is 11.9. The average Bonchev–Trinajstić information content (AvgIpc) is 2.83. The lowest BCUT2D eigenvalue weighted by Crippen LogP contribution is -2.33. The van der Waals surface area contributed by atoms with E-state index in [9.17, 15) is 4.79 Å². The Labute approximate surface area is 115 Å². The van der Waals surface area contributed by atoms with Crippen LogP contribution in [0.1, 0.15) is 12.5 Å². The number of rotatable bonds is 4. The van der Waals surface area contributed by atoms with E-state index in [0.29, 0.717) is 12.5 Å². The van der Waals surface area contributed by atoms with Gasteiger partial charge in [-0.3, -0.25) is 4.79 Å². The van der Waals surface area contributed by atoms with Gasteiger partial charge in [0.15, 0.2) is 0 Å². The SMILES string of the molecule is CC1CNCC1C(=O)NCc1ccc(N(C)C)cc1. The Morgan fingerprint density at radius 1 is 1.32 bits per heavy atom. The van der Waals surface area contributed by atoms with Gasteiger partial charge in [-0.1, -0.05) is 19.1 Å². The smallest absolute Gasteiger partial charge is 0.224 e. The van der Waals surface area contributed by atoms with Crippen LogP contribution in [0.15, 0.2) is 24.3 Å². The number of hydrogen-bond acceptors (Lipinski definition) is 3. The predicted octanol–water partition coefficient (Wildman–Crippen LogP) is 1.22. The average molecular weight is 261 g/mol. The minimum absolute atomic E-state index is 0.112. The van der Waals surface area contributed by atoms with Gasteiger partial charge >= 0.3 is 0 Å². The van der Waals surface area contributed by atoms with Gasteiger partial charge in [0.2, 0.25) is 5.91 Å². The highest BCUT2D eigenvalue weighted by Crippen LogP contribution is 2.16. The van der Waals surface area contributed by atoms with Crippen molar-refractivity contribution < 1.29 is 4.79 Å². The van der Waals surface area contributed by atoms with Crippen molar-refractivity contribution in [3.8, 4) is 0 Å². The van der Waals surface area contributed by atoms with Gasteiger partial charge in [0.05, 0.1) is 5.92 Å². The maximum Gasteiger partial charge on any atom is 0.224 e. The molecule has 0 bridgehead atoms. The number of nitrogens with zero attached hydrogens (tertiary/aromatic N) is 1. The van der Waals surface area contributed by atoms with E-state index in [1.54, 1.807) is 0 Å². The van der Waals surface area contributed by atoms with Crippen molar-refractivity contribution in [2.45, 2.75) is 13.5 Å². The molecule has 1 aliphatic heterocycles. The van der Waals surface area contributed by atoms with Gasteiger partial charge in [0.25, 0.3) is 0 Å². The van der Waals surface area contributed by atoms with Crippen molar-refractivity contribution >= 4 is 11.6 Å². The van der Waals surface area contributed by atoms with Crippen molar-refractivity contribution in [1.82, 2.24) is 10.6 Å². The number of nitrogens with one attached hydrogen (secondary N) is 2. The van der Waals surface area contributed by atoms with E-state index in [0.717, 1.165) is 18.7 Å². The molecule has 1 aliphatic rings. The molecule has 4 nitrogen and oxygen atoms in total. The molecule has 1 aromatic carbocycles. The Morgan fingerprint density at radius 2 is 2.00 bits per heavy atom. The number of anilines is 1. The summed E-state index contributed by atoms with van der Waals surface area (Å²) in [5, 5.41) is 6.28. The minimum Gasteiger partial charge on any atom is -0.378 e. The van der Waals surface area contributed by atoms with E-state index in [-0.39, 0.29) is 11.8 Å². The van der Waals surface area contributed by atoms with Gasteiger partial charge in [-0.15, -0.1) is 0 Å². The quantitative estimate of drug-likeness (QED) is 0.856. The normalized spacial score (nSPS) is 22.3. The molecule has 1 aromatic rings. The Morgan fingerprint density at radius 3 is 2.53 bits per heavy atom. The lowest BCUT2D eigenvalue weighted by Gasteiger charge is -2.15. The molecule has 2 N–H and O–H groups in total. The van der Waals surface area contributed by atoms with Crippen LogP contribution in [-0.4, -0.2) is 33.1 Å².